The molecule has 28 heavy (non-hydrogen) atoms. The van der Waals surface area contributed by atoms with Crippen molar-refractivity contribution in [2.24, 2.45) is 0 Å². The Balaban J connectivity index is 1.99. The lowest BCUT2D eigenvalue weighted by Gasteiger charge is -2.15. The van der Waals surface area contributed by atoms with Crippen LogP contribution in [0, 0.1) is 0 Å². The first-order chi connectivity index (χ1) is 13.2. The lowest BCUT2D eigenvalue weighted by molar-refractivity contribution is 0.0691. The van der Waals surface area contributed by atoms with Gasteiger partial charge in [-0.15, -0.1) is 0 Å². The fraction of sp³-hybridized carbons (Fsp3) is 0.263. The zero-order valence-corrected chi connectivity index (χ0v) is 16.4. The second-order valence-electron chi connectivity index (χ2n) is 6.42. The van der Waals surface area contributed by atoms with Gasteiger partial charge in [-0.1, -0.05) is 6.92 Å². The Hall–Kier alpha value is -3.07. The van der Waals surface area contributed by atoms with Crippen LogP contribution in [0.1, 0.15) is 30.8 Å². The van der Waals surface area contributed by atoms with Crippen LogP contribution >= 0.6 is 0 Å². The third-order valence-corrected chi connectivity index (χ3v) is 5.13. The Labute approximate surface area is 162 Å². The molecule has 0 aliphatic heterocycles. The highest BCUT2D eigenvalue weighted by molar-refractivity contribution is 7.90. The average Bonchev–Trinajstić information content (AvgIpc) is 3.06. The van der Waals surface area contributed by atoms with Crippen LogP contribution < -0.4 is 9.47 Å². The van der Waals surface area contributed by atoms with E-state index in [-0.39, 0.29) is 16.8 Å². The zero-order valence-electron chi connectivity index (χ0n) is 15.6. The summed E-state index contributed by atoms with van der Waals surface area (Å²) in [4.78, 5) is 18.0. The third kappa shape index (κ3) is 4.25. The van der Waals surface area contributed by atoms with Gasteiger partial charge >= 0.3 is 5.97 Å². The lowest BCUT2D eigenvalue weighted by Crippen LogP contribution is -2.10. The molecule has 0 spiro atoms. The van der Waals surface area contributed by atoms with Gasteiger partial charge in [-0.25, -0.2) is 18.2 Å². The molecule has 2 aromatic heterocycles. The maximum Gasteiger partial charge on any atom is 0.352 e. The molecular weight excluding hydrogens is 384 g/mol. The molecule has 1 aromatic carbocycles. The number of aromatic carboxylic acids is 1. The highest BCUT2D eigenvalue weighted by Crippen LogP contribution is 2.34. The number of hydrogen-bond donors (Lipinski definition) is 2. The monoisotopic (exact) mass is 404 g/mol. The van der Waals surface area contributed by atoms with Gasteiger partial charge in [0.2, 0.25) is 0 Å². The van der Waals surface area contributed by atoms with Crippen molar-refractivity contribution >= 4 is 26.7 Å². The first-order valence-corrected chi connectivity index (χ1v) is 10.5. The van der Waals surface area contributed by atoms with E-state index in [0.29, 0.717) is 28.2 Å². The summed E-state index contributed by atoms with van der Waals surface area (Å²) in [7, 11) is -3.40. The molecule has 8 nitrogen and oxygen atoms in total. The van der Waals surface area contributed by atoms with Crippen molar-refractivity contribution in [3.8, 4) is 17.2 Å². The van der Waals surface area contributed by atoms with Crippen molar-refractivity contribution < 1.29 is 27.8 Å². The number of carboxylic acid groups (broad SMARTS) is 1. The van der Waals surface area contributed by atoms with Crippen LogP contribution in [0.25, 0.3) is 10.9 Å². The van der Waals surface area contributed by atoms with E-state index in [1.165, 1.54) is 24.4 Å². The molecule has 0 bridgehead atoms. The molecule has 2 heterocycles. The molecule has 1 unspecified atom stereocenters. The fourth-order valence-corrected chi connectivity index (χ4v) is 3.09. The Morgan fingerprint density at radius 3 is 2.57 bits per heavy atom. The van der Waals surface area contributed by atoms with E-state index in [1.807, 2.05) is 13.8 Å². The number of ether oxygens (including phenoxy) is 2. The van der Waals surface area contributed by atoms with Gasteiger partial charge in [-0.05, 0) is 37.6 Å². The van der Waals surface area contributed by atoms with E-state index < -0.39 is 15.8 Å². The predicted molar refractivity (Wildman–Crippen MR) is 103 cm³/mol. The second kappa shape index (κ2) is 7.51. The number of hydrogen-bond acceptors (Lipinski definition) is 6. The molecule has 9 heteroatoms. The molecule has 0 saturated carbocycles. The number of pyridine rings is 1. The Morgan fingerprint density at radius 2 is 2.00 bits per heavy atom. The van der Waals surface area contributed by atoms with E-state index in [4.69, 9.17) is 9.47 Å². The Kier molecular flexibility index (Phi) is 5.28. The molecule has 0 aliphatic rings. The lowest BCUT2D eigenvalue weighted by atomic mass is 10.2. The van der Waals surface area contributed by atoms with Crippen LogP contribution in [0.2, 0.25) is 0 Å². The first kappa shape index (κ1) is 19.7. The third-order valence-electron chi connectivity index (χ3n) is 4.12. The van der Waals surface area contributed by atoms with Gasteiger partial charge in [0.15, 0.2) is 14.9 Å². The van der Waals surface area contributed by atoms with Crippen LogP contribution in [-0.2, 0) is 9.84 Å². The molecule has 2 N–H and O–H groups in total. The number of rotatable bonds is 7. The van der Waals surface area contributed by atoms with Crippen LogP contribution in [0.3, 0.4) is 0 Å². The van der Waals surface area contributed by atoms with Crippen LogP contribution in [0.15, 0.2) is 41.6 Å². The summed E-state index contributed by atoms with van der Waals surface area (Å²) >= 11 is 0. The minimum absolute atomic E-state index is 0.0420. The largest absolute Gasteiger partial charge is 0.488 e. The Morgan fingerprint density at radius 1 is 1.25 bits per heavy atom. The van der Waals surface area contributed by atoms with Crippen molar-refractivity contribution in [2.75, 3.05) is 6.26 Å². The molecule has 3 aromatic rings. The highest BCUT2D eigenvalue weighted by Gasteiger charge is 2.16. The van der Waals surface area contributed by atoms with Gasteiger partial charge in [-0.2, -0.15) is 0 Å². The smallest absolute Gasteiger partial charge is 0.352 e. The van der Waals surface area contributed by atoms with E-state index in [9.17, 15) is 18.3 Å². The molecule has 3 rings (SSSR count). The number of fused-ring (bicyclic) bond motifs is 1. The summed E-state index contributed by atoms with van der Waals surface area (Å²) in [6, 6.07) is 7.69. The first-order valence-electron chi connectivity index (χ1n) is 8.58. The summed E-state index contributed by atoms with van der Waals surface area (Å²) in [5, 5.41) is 9.81. The van der Waals surface area contributed by atoms with Gasteiger partial charge in [0.05, 0.1) is 17.8 Å². The molecule has 1 atom stereocenters. The van der Waals surface area contributed by atoms with Crippen molar-refractivity contribution in [1.82, 2.24) is 9.97 Å². The van der Waals surface area contributed by atoms with Gasteiger partial charge < -0.3 is 19.6 Å². The second-order valence-corrected chi connectivity index (χ2v) is 8.38. The number of carbonyl (C=O) groups is 1. The number of aromatic amines is 1. The molecular formula is C19H20N2O6S. The summed E-state index contributed by atoms with van der Waals surface area (Å²) < 4.78 is 34.7. The minimum atomic E-state index is -3.40. The number of H-pyrrole nitrogens is 1. The molecule has 0 aliphatic carbocycles. The van der Waals surface area contributed by atoms with E-state index in [1.54, 1.807) is 12.1 Å². The van der Waals surface area contributed by atoms with E-state index >= 15 is 0 Å². The molecule has 0 saturated heterocycles. The van der Waals surface area contributed by atoms with E-state index in [2.05, 4.69) is 9.97 Å². The number of nitrogens with one attached hydrogen (secondary N) is 1. The quantitative estimate of drug-likeness (QED) is 0.617. The summed E-state index contributed by atoms with van der Waals surface area (Å²) in [5.74, 6) is 0.148. The normalized spacial score (nSPS) is 12.7. The van der Waals surface area contributed by atoms with E-state index in [0.717, 1.165) is 12.7 Å². The molecule has 148 valence electrons. The van der Waals surface area contributed by atoms with Gasteiger partial charge in [0.25, 0.3) is 0 Å². The number of nitrogens with zero attached hydrogens (tertiary/aromatic N) is 1. The van der Waals surface area contributed by atoms with Gasteiger partial charge in [0.1, 0.15) is 22.9 Å². The minimum Gasteiger partial charge on any atom is -0.488 e. The topological polar surface area (TPSA) is 119 Å². The standard InChI is InChI=1S/C19H20N2O6S/c1-4-11(2)26-16-9-14(7-12-8-15(19(22)23)21-18(12)16)27-13-5-6-17(20-10-13)28(3,24)25/h5-11,21H,4H2,1-3H3,(H,22,23). The number of carboxylic acids is 1. The molecule has 0 radical (unpaired) electrons. The Bertz CT molecular complexity index is 1120. The summed E-state index contributed by atoms with van der Waals surface area (Å²) in [6.07, 6.45) is 3.09. The number of benzene rings is 1. The molecule has 0 fully saturated rings. The van der Waals surface area contributed by atoms with Gasteiger partial charge in [0, 0.05) is 17.7 Å². The van der Waals surface area contributed by atoms with Crippen molar-refractivity contribution in [3.63, 3.8) is 0 Å². The molecule has 0 amide bonds. The predicted octanol–water partition coefficient (Wildman–Crippen LogP) is 3.63. The average molecular weight is 404 g/mol. The van der Waals surface area contributed by atoms with Crippen molar-refractivity contribution in [3.05, 3.63) is 42.2 Å². The highest BCUT2D eigenvalue weighted by atomic mass is 32.2. The number of sulfone groups is 1. The van der Waals surface area contributed by atoms with Crippen LogP contribution in [0.4, 0.5) is 0 Å². The van der Waals surface area contributed by atoms with Crippen molar-refractivity contribution in [2.45, 2.75) is 31.4 Å². The van der Waals surface area contributed by atoms with Crippen molar-refractivity contribution in [1.29, 1.82) is 0 Å². The maximum atomic E-state index is 11.5. The summed E-state index contributed by atoms with van der Waals surface area (Å²) in [5.41, 5.74) is 0.607. The SMILES string of the molecule is CCC(C)Oc1cc(Oc2ccc(S(C)(=O)=O)nc2)cc2cc(C(=O)O)[nH]c12. The van der Waals surface area contributed by atoms with Crippen LogP contribution in [-0.4, -0.2) is 41.8 Å². The fourth-order valence-electron chi connectivity index (χ4n) is 2.53. The maximum absolute atomic E-state index is 11.5. The zero-order chi connectivity index (χ0) is 20.5. The summed E-state index contributed by atoms with van der Waals surface area (Å²) in [6.45, 7) is 3.89. The van der Waals surface area contributed by atoms with Gasteiger partial charge in [-0.3, -0.25) is 0 Å². The van der Waals surface area contributed by atoms with Crippen LogP contribution in [0.5, 0.6) is 17.2 Å². The number of aromatic nitrogens is 2.